The van der Waals surface area contributed by atoms with Crippen LogP contribution in [0.15, 0.2) is 72.8 Å². The molecule has 4 rings (SSSR count). The van der Waals surface area contributed by atoms with E-state index < -0.39 is 5.91 Å². The lowest BCUT2D eigenvalue weighted by Gasteiger charge is -2.11. The van der Waals surface area contributed by atoms with Crippen molar-refractivity contribution in [1.29, 1.82) is 0 Å². The molecule has 3 heteroatoms. The van der Waals surface area contributed by atoms with Crippen LogP contribution in [0.25, 0.3) is 11.1 Å². The van der Waals surface area contributed by atoms with E-state index in [0.717, 1.165) is 35.8 Å². The zero-order valence-electron chi connectivity index (χ0n) is 15.9. The molecule has 0 aromatic heterocycles. The van der Waals surface area contributed by atoms with Crippen LogP contribution in [0, 0.1) is 5.92 Å². The minimum absolute atomic E-state index is 0.410. The predicted molar refractivity (Wildman–Crippen MR) is 112 cm³/mol. The van der Waals surface area contributed by atoms with Gasteiger partial charge >= 0.3 is 0 Å². The number of carbonyl (C=O) groups excluding carboxylic acids is 1. The quantitative estimate of drug-likeness (QED) is 0.593. The lowest BCUT2D eigenvalue weighted by atomic mass is 10.0. The van der Waals surface area contributed by atoms with Gasteiger partial charge in [0.2, 0.25) is 5.91 Å². The fraction of sp³-hybridized carbons (Fsp3) is 0.240. The van der Waals surface area contributed by atoms with Gasteiger partial charge in [-0.1, -0.05) is 48.5 Å². The highest BCUT2D eigenvalue weighted by Crippen LogP contribution is 2.29. The Morgan fingerprint density at radius 3 is 2.29 bits per heavy atom. The second-order valence-electron chi connectivity index (χ2n) is 7.50. The van der Waals surface area contributed by atoms with Gasteiger partial charge in [-0.15, -0.1) is 0 Å². The number of hydrogen-bond donors (Lipinski definition) is 1. The molecule has 0 radical (unpaired) electrons. The van der Waals surface area contributed by atoms with E-state index in [0.29, 0.717) is 5.56 Å². The molecule has 3 aromatic rings. The van der Waals surface area contributed by atoms with Crippen LogP contribution in [0.2, 0.25) is 0 Å². The summed E-state index contributed by atoms with van der Waals surface area (Å²) in [6.07, 6.45) is 4.68. The summed E-state index contributed by atoms with van der Waals surface area (Å²) >= 11 is 0. The molecule has 0 unspecified atom stereocenters. The highest BCUT2D eigenvalue weighted by molar-refractivity contribution is 5.94. The number of primary amides is 1. The van der Waals surface area contributed by atoms with Gasteiger partial charge in [-0.2, -0.15) is 0 Å². The number of nitrogens with two attached hydrogens (primary N) is 1. The van der Waals surface area contributed by atoms with Crippen LogP contribution in [0.5, 0.6) is 5.75 Å². The monoisotopic (exact) mass is 371 g/mol. The van der Waals surface area contributed by atoms with E-state index in [1.165, 1.54) is 30.4 Å². The number of hydrogen-bond acceptors (Lipinski definition) is 2. The van der Waals surface area contributed by atoms with Gasteiger partial charge in [0.05, 0.1) is 6.61 Å². The van der Waals surface area contributed by atoms with Crippen LogP contribution in [-0.4, -0.2) is 12.5 Å². The molecule has 2 N–H and O–H groups in total. The van der Waals surface area contributed by atoms with Crippen LogP contribution in [0.1, 0.15) is 34.3 Å². The summed E-state index contributed by atoms with van der Waals surface area (Å²) in [5.74, 6) is 1.22. The maximum absolute atomic E-state index is 11.3. The summed E-state index contributed by atoms with van der Waals surface area (Å²) in [5, 5.41) is 0. The first kappa shape index (κ1) is 18.3. The Kier molecular flexibility index (Phi) is 5.43. The smallest absolute Gasteiger partial charge is 0.248 e. The molecule has 0 saturated carbocycles. The van der Waals surface area contributed by atoms with Crippen molar-refractivity contribution >= 4 is 5.91 Å². The zero-order valence-corrected chi connectivity index (χ0v) is 15.9. The van der Waals surface area contributed by atoms with E-state index in [1.807, 2.05) is 42.5 Å². The first-order valence-electron chi connectivity index (χ1n) is 9.89. The van der Waals surface area contributed by atoms with Gasteiger partial charge in [-0.25, -0.2) is 0 Å². The van der Waals surface area contributed by atoms with Crippen LogP contribution >= 0.6 is 0 Å². The SMILES string of the molecule is NC(=O)c1cccc(-c2ccc(OCCCC3Cc4ccccc4C3)cc2)c1. The predicted octanol–water partition coefficient (Wildman–Crippen LogP) is 5.03. The Hall–Kier alpha value is -3.07. The number of ether oxygens (including phenoxy) is 1. The van der Waals surface area contributed by atoms with Gasteiger partial charge < -0.3 is 10.5 Å². The maximum atomic E-state index is 11.3. The van der Waals surface area contributed by atoms with Crippen LogP contribution in [0.4, 0.5) is 0 Å². The highest BCUT2D eigenvalue weighted by Gasteiger charge is 2.20. The molecule has 142 valence electrons. The lowest BCUT2D eigenvalue weighted by Crippen LogP contribution is -2.10. The molecule has 1 amide bonds. The number of fused-ring (bicyclic) bond motifs is 1. The van der Waals surface area contributed by atoms with E-state index >= 15 is 0 Å². The minimum Gasteiger partial charge on any atom is -0.494 e. The largest absolute Gasteiger partial charge is 0.494 e. The fourth-order valence-electron chi connectivity index (χ4n) is 4.01. The first-order valence-corrected chi connectivity index (χ1v) is 9.89. The van der Waals surface area contributed by atoms with Crippen LogP contribution in [-0.2, 0) is 12.8 Å². The summed E-state index contributed by atoms with van der Waals surface area (Å²) in [6, 6.07) is 24.2. The topological polar surface area (TPSA) is 52.3 Å². The van der Waals surface area contributed by atoms with E-state index in [9.17, 15) is 4.79 Å². The molecule has 28 heavy (non-hydrogen) atoms. The number of carbonyl (C=O) groups is 1. The molecule has 1 aliphatic rings. The molecular formula is C25H25NO2. The van der Waals surface area contributed by atoms with Crippen molar-refractivity contribution in [3.05, 3.63) is 89.5 Å². The summed E-state index contributed by atoms with van der Waals surface area (Å²) in [5.41, 5.74) is 10.9. The Balaban J connectivity index is 1.26. The van der Waals surface area contributed by atoms with Crippen molar-refractivity contribution < 1.29 is 9.53 Å². The summed E-state index contributed by atoms with van der Waals surface area (Å²) in [4.78, 5) is 11.3. The first-order chi connectivity index (χ1) is 13.7. The molecule has 0 atom stereocenters. The number of amides is 1. The molecule has 0 bridgehead atoms. The Morgan fingerprint density at radius 1 is 0.893 bits per heavy atom. The van der Waals surface area contributed by atoms with Gasteiger partial charge in [0.1, 0.15) is 5.75 Å². The standard InChI is InChI=1S/C25H25NO2/c26-25(27)23-9-3-8-22(17-23)19-10-12-24(13-11-19)28-14-4-5-18-15-20-6-1-2-7-21(20)16-18/h1-3,6-13,17-18H,4-5,14-16H2,(H2,26,27). The van der Waals surface area contributed by atoms with E-state index in [1.54, 1.807) is 6.07 Å². The average molecular weight is 371 g/mol. The van der Waals surface area contributed by atoms with Gasteiger partial charge in [0.25, 0.3) is 0 Å². The molecule has 0 aliphatic heterocycles. The molecular weight excluding hydrogens is 346 g/mol. The Morgan fingerprint density at radius 2 is 1.61 bits per heavy atom. The Bertz CT molecular complexity index is 937. The maximum Gasteiger partial charge on any atom is 0.248 e. The third-order valence-electron chi connectivity index (χ3n) is 5.50. The van der Waals surface area contributed by atoms with Gasteiger partial charge in [-0.05, 0) is 78.1 Å². The second-order valence-corrected chi connectivity index (χ2v) is 7.50. The molecule has 0 saturated heterocycles. The van der Waals surface area contributed by atoms with Crippen molar-refractivity contribution in [3.63, 3.8) is 0 Å². The molecule has 0 spiro atoms. The van der Waals surface area contributed by atoms with Crippen LogP contribution in [0.3, 0.4) is 0 Å². The molecule has 1 aliphatic carbocycles. The van der Waals surface area contributed by atoms with Crippen molar-refractivity contribution in [2.24, 2.45) is 11.7 Å². The second kappa shape index (κ2) is 8.30. The zero-order chi connectivity index (χ0) is 19.3. The minimum atomic E-state index is -0.410. The molecule has 0 fully saturated rings. The van der Waals surface area contributed by atoms with E-state index in [-0.39, 0.29) is 0 Å². The highest BCUT2D eigenvalue weighted by atomic mass is 16.5. The van der Waals surface area contributed by atoms with Gasteiger partial charge in [0, 0.05) is 5.56 Å². The molecule has 0 heterocycles. The van der Waals surface area contributed by atoms with Crippen molar-refractivity contribution in [3.8, 4) is 16.9 Å². The number of rotatable bonds is 7. The van der Waals surface area contributed by atoms with Crippen molar-refractivity contribution in [1.82, 2.24) is 0 Å². The summed E-state index contributed by atoms with van der Waals surface area (Å²) < 4.78 is 5.92. The average Bonchev–Trinajstić information content (AvgIpc) is 3.15. The van der Waals surface area contributed by atoms with Crippen molar-refractivity contribution in [2.45, 2.75) is 25.7 Å². The molecule has 3 aromatic carbocycles. The van der Waals surface area contributed by atoms with Gasteiger partial charge in [0.15, 0.2) is 0 Å². The van der Waals surface area contributed by atoms with Crippen LogP contribution < -0.4 is 10.5 Å². The third kappa shape index (κ3) is 4.25. The fourth-order valence-corrected chi connectivity index (χ4v) is 4.01. The summed E-state index contributed by atoms with van der Waals surface area (Å²) in [6.45, 7) is 0.739. The van der Waals surface area contributed by atoms with E-state index in [2.05, 4.69) is 24.3 Å². The Labute approximate surface area is 166 Å². The normalized spacial score (nSPS) is 13.3. The third-order valence-corrected chi connectivity index (χ3v) is 5.50. The summed E-state index contributed by atoms with van der Waals surface area (Å²) in [7, 11) is 0. The molecule has 3 nitrogen and oxygen atoms in total. The number of benzene rings is 3. The van der Waals surface area contributed by atoms with Gasteiger partial charge in [-0.3, -0.25) is 4.79 Å². The van der Waals surface area contributed by atoms with Crippen molar-refractivity contribution in [2.75, 3.05) is 6.61 Å². The van der Waals surface area contributed by atoms with E-state index in [4.69, 9.17) is 10.5 Å². The lowest BCUT2D eigenvalue weighted by molar-refractivity contribution is 0.100.